The average molecular weight is 272 g/mol. The quantitative estimate of drug-likeness (QED) is 0.733. The van der Waals surface area contributed by atoms with Crippen LogP contribution in [0.1, 0.15) is 5.56 Å². The minimum atomic E-state index is -0.742. The Bertz CT molecular complexity index is 641. The smallest absolute Gasteiger partial charge is 0.168 e. The molecule has 0 saturated carbocycles. The lowest BCUT2D eigenvalue weighted by Gasteiger charge is -2.34. The van der Waals surface area contributed by atoms with Gasteiger partial charge in [0.25, 0.3) is 0 Å². The molecule has 2 aromatic rings. The summed E-state index contributed by atoms with van der Waals surface area (Å²) in [5, 5.41) is 3.29. The second-order valence-electron chi connectivity index (χ2n) is 5.19. The summed E-state index contributed by atoms with van der Waals surface area (Å²) in [6.45, 7) is 0. The van der Waals surface area contributed by atoms with Crippen LogP contribution in [0.4, 0.5) is 21.5 Å². The number of benzene rings is 2. The normalized spacial score (nSPS) is 20.6. The Labute approximate surface area is 117 Å². The summed E-state index contributed by atoms with van der Waals surface area (Å²) in [7, 11) is 1.93. The Hall–Kier alpha value is -2.27. The first-order valence-corrected chi connectivity index (χ1v) is 6.43. The van der Waals surface area contributed by atoms with Crippen LogP contribution in [-0.4, -0.2) is 12.8 Å². The highest BCUT2D eigenvalue weighted by Crippen LogP contribution is 2.38. The molecule has 104 valence electrons. The van der Waals surface area contributed by atoms with Crippen LogP contribution in [0.2, 0.25) is 0 Å². The van der Waals surface area contributed by atoms with Gasteiger partial charge in [-0.3, -0.25) is 5.73 Å². The van der Waals surface area contributed by atoms with E-state index in [4.69, 9.17) is 11.5 Å². The summed E-state index contributed by atoms with van der Waals surface area (Å²) in [4.78, 5) is 1.98. The topological polar surface area (TPSA) is 67.3 Å². The number of halogens is 1. The van der Waals surface area contributed by atoms with Crippen molar-refractivity contribution in [2.45, 2.75) is 12.2 Å². The van der Waals surface area contributed by atoms with E-state index in [0.717, 1.165) is 16.9 Å². The fraction of sp³-hybridized carbons (Fsp3) is 0.200. The van der Waals surface area contributed by atoms with Gasteiger partial charge < -0.3 is 16.0 Å². The lowest BCUT2D eigenvalue weighted by Crippen LogP contribution is -2.58. The molecule has 0 bridgehead atoms. The molecule has 0 amide bonds. The van der Waals surface area contributed by atoms with E-state index in [1.807, 2.05) is 30.1 Å². The monoisotopic (exact) mass is 272 g/mol. The van der Waals surface area contributed by atoms with Crippen LogP contribution in [0.15, 0.2) is 42.5 Å². The van der Waals surface area contributed by atoms with Gasteiger partial charge in [-0.15, -0.1) is 0 Å². The molecule has 0 saturated heterocycles. The molecule has 0 spiro atoms. The van der Waals surface area contributed by atoms with Crippen molar-refractivity contribution in [3.05, 3.63) is 53.8 Å². The number of fused-ring (bicyclic) bond motifs is 1. The Morgan fingerprint density at radius 2 is 1.90 bits per heavy atom. The van der Waals surface area contributed by atoms with Gasteiger partial charge in [-0.25, -0.2) is 4.39 Å². The Morgan fingerprint density at radius 3 is 2.60 bits per heavy atom. The third-order valence-electron chi connectivity index (χ3n) is 3.72. The van der Waals surface area contributed by atoms with Gasteiger partial charge in [0.2, 0.25) is 0 Å². The first-order chi connectivity index (χ1) is 9.48. The van der Waals surface area contributed by atoms with E-state index in [1.54, 1.807) is 12.1 Å². The van der Waals surface area contributed by atoms with Gasteiger partial charge in [0, 0.05) is 19.2 Å². The standard InChI is InChI=1S/C15H17FN4/c1-20-14-7-6-12(17)8-13(14)19-15(20,18)9-10-2-4-11(16)5-3-10/h2-8,19H,9,17-18H2,1H3. The number of nitrogens with zero attached hydrogens (tertiary/aromatic N) is 1. The van der Waals surface area contributed by atoms with E-state index in [1.165, 1.54) is 12.1 Å². The fourth-order valence-electron chi connectivity index (χ4n) is 2.55. The summed E-state index contributed by atoms with van der Waals surface area (Å²) in [6.07, 6.45) is 0.554. The maximum atomic E-state index is 13.0. The van der Waals surface area contributed by atoms with Gasteiger partial charge in [0.05, 0.1) is 11.4 Å². The molecule has 20 heavy (non-hydrogen) atoms. The number of anilines is 3. The van der Waals surface area contributed by atoms with Crippen molar-refractivity contribution < 1.29 is 4.39 Å². The van der Waals surface area contributed by atoms with Crippen LogP contribution in [-0.2, 0) is 6.42 Å². The van der Waals surface area contributed by atoms with Gasteiger partial charge in [0.15, 0.2) is 5.79 Å². The predicted molar refractivity (Wildman–Crippen MR) is 79.9 cm³/mol. The molecule has 5 heteroatoms. The minimum absolute atomic E-state index is 0.247. The largest absolute Gasteiger partial charge is 0.399 e. The highest BCUT2D eigenvalue weighted by Gasteiger charge is 2.37. The van der Waals surface area contributed by atoms with E-state index < -0.39 is 5.79 Å². The second-order valence-corrected chi connectivity index (χ2v) is 5.19. The molecule has 3 rings (SSSR count). The summed E-state index contributed by atoms with van der Waals surface area (Å²) in [5.74, 6) is -0.989. The molecule has 5 N–H and O–H groups in total. The number of likely N-dealkylation sites (N-methyl/N-ethyl adjacent to an activating group) is 1. The van der Waals surface area contributed by atoms with Gasteiger partial charge in [0.1, 0.15) is 5.82 Å². The summed E-state index contributed by atoms with van der Waals surface area (Å²) < 4.78 is 13.0. The van der Waals surface area contributed by atoms with Crippen molar-refractivity contribution in [1.82, 2.24) is 0 Å². The van der Waals surface area contributed by atoms with Crippen LogP contribution in [0.25, 0.3) is 0 Å². The van der Waals surface area contributed by atoms with Crippen molar-refractivity contribution in [3.63, 3.8) is 0 Å². The fourth-order valence-corrected chi connectivity index (χ4v) is 2.55. The molecule has 0 fully saturated rings. The average Bonchev–Trinajstić information content (AvgIpc) is 2.64. The number of hydrogen-bond donors (Lipinski definition) is 3. The molecule has 1 heterocycles. The van der Waals surface area contributed by atoms with Gasteiger partial charge in [-0.05, 0) is 35.9 Å². The zero-order chi connectivity index (χ0) is 14.3. The molecule has 1 aliphatic rings. The number of nitrogens with two attached hydrogens (primary N) is 2. The Morgan fingerprint density at radius 1 is 1.20 bits per heavy atom. The molecule has 0 aliphatic carbocycles. The molecule has 0 radical (unpaired) electrons. The molecule has 1 aliphatic heterocycles. The summed E-state index contributed by atoms with van der Waals surface area (Å²) in [6, 6.07) is 12.0. The highest BCUT2D eigenvalue weighted by atomic mass is 19.1. The lowest BCUT2D eigenvalue weighted by molar-refractivity contribution is 0.491. The number of rotatable bonds is 2. The van der Waals surface area contributed by atoms with Crippen LogP contribution in [0.5, 0.6) is 0 Å². The Kier molecular flexibility index (Phi) is 2.79. The first kappa shape index (κ1) is 12.7. The van der Waals surface area contributed by atoms with Crippen LogP contribution < -0.4 is 21.7 Å². The van der Waals surface area contributed by atoms with Crippen molar-refractivity contribution in [3.8, 4) is 0 Å². The van der Waals surface area contributed by atoms with E-state index in [9.17, 15) is 4.39 Å². The minimum Gasteiger partial charge on any atom is -0.399 e. The van der Waals surface area contributed by atoms with Crippen molar-refractivity contribution >= 4 is 17.1 Å². The second kappa shape index (κ2) is 4.38. The Balaban J connectivity index is 1.89. The van der Waals surface area contributed by atoms with Crippen molar-refractivity contribution in [2.24, 2.45) is 5.73 Å². The zero-order valence-electron chi connectivity index (χ0n) is 11.2. The van der Waals surface area contributed by atoms with E-state index in [2.05, 4.69) is 5.32 Å². The number of nitrogen functional groups attached to an aromatic ring is 1. The third kappa shape index (κ3) is 2.06. The van der Waals surface area contributed by atoms with Crippen molar-refractivity contribution in [1.29, 1.82) is 0 Å². The predicted octanol–water partition coefficient (Wildman–Crippen LogP) is 2.12. The summed E-state index contributed by atoms with van der Waals surface area (Å²) in [5.41, 5.74) is 15.8. The first-order valence-electron chi connectivity index (χ1n) is 6.43. The van der Waals surface area contributed by atoms with Gasteiger partial charge >= 0.3 is 0 Å². The number of nitrogens with one attached hydrogen (secondary N) is 1. The molecular formula is C15H17FN4. The zero-order valence-corrected chi connectivity index (χ0v) is 11.2. The van der Waals surface area contributed by atoms with Crippen LogP contribution in [0, 0.1) is 5.82 Å². The molecular weight excluding hydrogens is 255 g/mol. The van der Waals surface area contributed by atoms with Crippen LogP contribution >= 0.6 is 0 Å². The van der Waals surface area contributed by atoms with Gasteiger partial charge in [-0.1, -0.05) is 12.1 Å². The van der Waals surface area contributed by atoms with E-state index in [0.29, 0.717) is 12.1 Å². The maximum absolute atomic E-state index is 13.0. The number of hydrogen-bond acceptors (Lipinski definition) is 4. The third-order valence-corrected chi connectivity index (χ3v) is 3.72. The SMILES string of the molecule is CN1c2ccc(N)cc2NC1(N)Cc1ccc(F)cc1. The van der Waals surface area contributed by atoms with Gasteiger partial charge in [-0.2, -0.15) is 0 Å². The molecule has 1 unspecified atom stereocenters. The van der Waals surface area contributed by atoms with Crippen molar-refractivity contribution in [2.75, 3.05) is 23.0 Å². The molecule has 0 aromatic heterocycles. The molecule has 4 nitrogen and oxygen atoms in total. The summed E-state index contributed by atoms with van der Waals surface area (Å²) >= 11 is 0. The van der Waals surface area contributed by atoms with E-state index in [-0.39, 0.29) is 5.82 Å². The van der Waals surface area contributed by atoms with Crippen LogP contribution in [0.3, 0.4) is 0 Å². The van der Waals surface area contributed by atoms with E-state index >= 15 is 0 Å². The highest BCUT2D eigenvalue weighted by molar-refractivity contribution is 5.80. The lowest BCUT2D eigenvalue weighted by atomic mass is 10.1. The molecule has 1 atom stereocenters. The molecule has 2 aromatic carbocycles. The maximum Gasteiger partial charge on any atom is 0.168 e.